The molecule has 0 heterocycles. The van der Waals surface area contributed by atoms with Crippen LogP contribution in [0.2, 0.25) is 10.5 Å². The third-order valence-electron chi connectivity index (χ3n) is 3.94. The van der Waals surface area contributed by atoms with E-state index < -0.39 is 14.3 Å². The molecule has 0 aromatic heterocycles. The summed E-state index contributed by atoms with van der Waals surface area (Å²) in [5.74, 6) is 0. The molecular weight excluding hydrogens is 433 g/mol. The zero-order valence-corrected chi connectivity index (χ0v) is 20.5. The van der Waals surface area contributed by atoms with E-state index in [4.69, 9.17) is 0 Å². The molecule has 22 heavy (non-hydrogen) atoms. The van der Waals surface area contributed by atoms with Crippen LogP contribution in [0, 0.1) is 0 Å². The third kappa shape index (κ3) is 4.72. The molecular formula is C16H28BrCl2NSiTi. The van der Waals surface area contributed by atoms with Crippen LogP contribution in [0.5, 0.6) is 0 Å². The fourth-order valence-electron chi connectivity index (χ4n) is 4.05. The number of allylic oxidation sites excluding steroid dienone is 1. The third-order valence-corrected chi connectivity index (χ3v) is 13.6. The van der Waals surface area contributed by atoms with Crippen LogP contribution in [0.1, 0.15) is 43.0 Å². The van der Waals surface area contributed by atoms with Gasteiger partial charge in [0.05, 0.1) is 0 Å². The number of hydrogen-bond acceptors (Lipinski definition) is 1. The molecule has 1 atom stereocenters. The monoisotopic (exact) mass is 459 g/mol. The van der Waals surface area contributed by atoms with E-state index in [0.717, 1.165) is 0 Å². The maximum absolute atomic E-state index is 4.05. The Morgan fingerprint density at radius 2 is 1.73 bits per heavy atom. The van der Waals surface area contributed by atoms with Crippen molar-refractivity contribution in [1.82, 2.24) is 3.80 Å². The van der Waals surface area contributed by atoms with Gasteiger partial charge in [0.25, 0.3) is 0 Å². The Hall–Kier alpha value is 0.911. The molecule has 1 aliphatic rings. The molecule has 6 heteroatoms. The molecule has 1 nitrogen and oxygen atoms in total. The first-order valence-corrected chi connectivity index (χ1v) is 16.8. The molecule has 1 N–H and O–H groups in total. The fourth-order valence-corrected chi connectivity index (χ4v) is 17.4. The molecule has 0 saturated carbocycles. The Morgan fingerprint density at radius 3 is 2.23 bits per heavy atom. The van der Waals surface area contributed by atoms with Crippen molar-refractivity contribution < 1.29 is 14.3 Å². The van der Waals surface area contributed by atoms with Crippen LogP contribution in [-0.2, 0) is 14.3 Å². The summed E-state index contributed by atoms with van der Waals surface area (Å²) >= 11 is 0.897. The minimum Gasteiger partial charge on any atom is -0.147 e. The second-order valence-electron chi connectivity index (χ2n) is 8.25. The number of halogens is 3. The van der Waals surface area contributed by atoms with Gasteiger partial charge >= 0.3 is 135 Å². The second-order valence-corrected chi connectivity index (χ2v) is 28.1. The fraction of sp³-hybridized carbons (Fsp3) is 0.500. The van der Waals surface area contributed by atoms with Gasteiger partial charge in [0.2, 0.25) is 0 Å². The zero-order valence-electron chi connectivity index (χ0n) is 14.3. The predicted octanol–water partition coefficient (Wildman–Crippen LogP) is 5.39. The second kappa shape index (κ2) is 7.03. The van der Waals surface area contributed by atoms with Crippen LogP contribution in [0.15, 0.2) is 28.2 Å². The number of fused-ring (bicyclic) bond motifs is 1. The van der Waals surface area contributed by atoms with E-state index >= 15 is 0 Å². The van der Waals surface area contributed by atoms with Gasteiger partial charge in [0.15, 0.2) is 0 Å². The van der Waals surface area contributed by atoms with Crippen LogP contribution in [0.25, 0.3) is 6.08 Å². The summed E-state index contributed by atoms with van der Waals surface area (Å²) in [4.78, 5) is 0. The normalized spacial score (nSPS) is 18.0. The van der Waals surface area contributed by atoms with Crippen molar-refractivity contribution in [2.45, 2.75) is 47.9 Å². The molecule has 0 spiro atoms. The van der Waals surface area contributed by atoms with Crippen molar-refractivity contribution in [3.8, 4) is 0 Å². The largest absolute Gasteiger partial charge is 0.147 e. The van der Waals surface area contributed by atoms with Crippen LogP contribution < -0.4 is 3.80 Å². The van der Waals surface area contributed by atoms with Gasteiger partial charge in [-0.15, -0.1) is 24.8 Å². The van der Waals surface area contributed by atoms with Gasteiger partial charge in [0, 0.05) is 0 Å². The topological polar surface area (TPSA) is 12.0 Å². The SMILES string of the molecule is CC1=Cc2c(Br)cccc2[CH]1[Ti]([CH3])([CH3])(=[SiH2])[NH]C(C)(C)C.Cl.Cl. The van der Waals surface area contributed by atoms with E-state index in [1.807, 2.05) is 0 Å². The standard InChI is InChI=1S/C10H8Br.C4H10N.2CH3.2ClH.H2Si.Ti/c1-7-5-8-3-2-4-10(11)9(8)6-7;1-4(2,3)5;;;;;;/h2-6H,1H3;5H,1-3H3;2*1H3;2*1H;1H2;/q;-1;;;;;;+1. The molecule has 0 fully saturated rings. The van der Waals surface area contributed by atoms with E-state index in [9.17, 15) is 0 Å². The summed E-state index contributed by atoms with van der Waals surface area (Å²) in [5, 5.41) is 5.05. The molecule has 1 aliphatic carbocycles. The Labute approximate surface area is 158 Å². The predicted molar refractivity (Wildman–Crippen MR) is 108 cm³/mol. The van der Waals surface area contributed by atoms with Crippen molar-refractivity contribution in [2.24, 2.45) is 0 Å². The van der Waals surface area contributed by atoms with Gasteiger partial charge in [-0.05, 0) is 0 Å². The summed E-state index contributed by atoms with van der Waals surface area (Å²) in [6.45, 7) is 9.15. The quantitative estimate of drug-likeness (QED) is 0.583. The average Bonchev–Trinajstić information content (AvgIpc) is 2.51. The Bertz CT molecular complexity index is 659. The van der Waals surface area contributed by atoms with Crippen LogP contribution in [0.4, 0.5) is 0 Å². The van der Waals surface area contributed by atoms with E-state index in [1.165, 1.54) is 21.2 Å². The molecule has 1 aromatic rings. The van der Waals surface area contributed by atoms with Crippen LogP contribution >= 0.6 is 40.7 Å². The number of rotatable bonds is 2. The van der Waals surface area contributed by atoms with E-state index in [1.54, 1.807) is 0 Å². The smallest absolute Gasteiger partial charge is 0.147 e. The number of benzene rings is 1. The Morgan fingerprint density at radius 1 is 1.18 bits per heavy atom. The molecule has 126 valence electrons. The molecule has 1 aromatic carbocycles. The number of nitrogens with one attached hydrogen (secondary N) is 1. The van der Waals surface area contributed by atoms with Gasteiger partial charge in [-0.25, -0.2) is 0 Å². The minimum absolute atomic E-state index is 0. The van der Waals surface area contributed by atoms with Crippen molar-refractivity contribution >= 4 is 54.5 Å². The van der Waals surface area contributed by atoms with Gasteiger partial charge in [-0.2, -0.15) is 0 Å². The first kappa shape index (κ1) is 22.9. The van der Waals surface area contributed by atoms with Crippen LogP contribution in [0.3, 0.4) is 0 Å². The van der Waals surface area contributed by atoms with Gasteiger partial charge in [0.1, 0.15) is 0 Å². The maximum atomic E-state index is 4.05. The first-order valence-electron chi connectivity index (χ1n) is 7.23. The molecule has 1 unspecified atom stereocenters. The Kier molecular flexibility index (Phi) is 7.32. The maximum Gasteiger partial charge on any atom is -0.147 e. The van der Waals surface area contributed by atoms with E-state index in [0.29, 0.717) is 4.22 Å². The van der Waals surface area contributed by atoms with Crippen molar-refractivity contribution in [3.63, 3.8) is 0 Å². The minimum atomic E-state index is -2.81. The van der Waals surface area contributed by atoms with Gasteiger partial charge in [-0.3, -0.25) is 0 Å². The first-order chi connectivity index (χ1) is 8.89. The number of hydrogen-bond donors (Lipinski definition) is 1. The van der Waals surface area contributed by atoms with Crippen molar-refractivity contribution in [3.05, 3.63) is 39.4 Å². The van der Waals surface area contributed by atoms with Crippen molar-refractivity contribution in [2.75, 3.05) is 0 Å². The summed E-state index contributed by atoms with van der Waals surface area (Å²) in [6.07, 6.45) is 2.37. The molecule has 2 rings (SSSR count). The summed E-state index contributed by atoms with van der Waals surface area (Å²) < 4.78 is 5.85. The molecule has 0 amide bonds. The molecule has 0 saturated heterocycles. The molecule has 0 radical (unpaired) electrons. The van der Waals surface area contributed by atoms with Crippen LogP contribution in [-0.4, -0.2) is 13.2 Å². The average molecular weight is 461 g/mol. The van der Waals surface area contributed by atoms with Gasteiger partial charge in [-0.1, -0.05) is 0 Å². The Balaban J connectivity index is 0.00000220. The summed E-state index contributed by atoms with van der Waals surface area (Å²) in [6, 6.07) is 6.63. The summed E-state index contributed by atoms with van der Waals surface area (Å²) in [5.41, 5.74) is 4.57. The van der Waals surface area contributed by atoms with Crippen molar-refractivity contribution in [1.29, 1.82) is 0 Å². The zero-order chi connectivity index (χ0) is 15.4. The summed E-state index contributed by atoms with van der Waals surface area (Å²) in [7, 11) is 2.26. The van der Waals surface area contributed by atoms with Gasteiger partial charge < -0.3 is 0 Å². The van der Waals surface area contributed by atoms with E-state index in [-0.39, 0.29) is 30.4 Å². The molecule has 0 aliphatic heterocycles. The van der Waals surface area contributed by atoms with E-state index in [2.05, 4.69) is 89.8 Å². The molecule has 0 bridgehead atoms.